The minimum atomic E-state index is -0.393. The topological polar surface area (TPSA) is 89.7 Å². The Bertz CT molecular complexity index is 942. The van der Waals surface area contributed by atoms with E-state index in [0.29, 0.717) is 27.4 Å². The molecule has 0 fully saturated rings. The Hall–Kier alpha value is -2.58. The number of rotatable bonds is 3. The number of aromatic nitrogens is 5. The Balaban J connectivity index is 1.43. The van der Waals surface area contributed by atoms with Crippen LogP contribution in [0.2, 0.25) is 10.0 Å². The highest BCUT2D eigenvalue weighted by Gasteiger charge is 2.14. The zero-order valence-electron chi connectivity index (χ0n) is 13.6. The van der Waals surface area contributed by atoms with Gasteiger partial charge in [0.15, 0.2) is 11.6 Å². The number of aryl methyl sites for hydroxylation is 2. The van der Waals surface area contributed by atoms with Crippen molar-refractivity contribution in [2.45, 2.75) is 25.8 Å². The maximum Gasteiger partial charge on any atom is 0.324 e. The summed E-state index contributed by atoms with van der Waals surface area (Å²) in [6.07, 6.45) is 7.84. The van der Waals surface area contributed by atoms with Crippen molar-refractivity contribution in [3.05, 3.63) is 46.5 Å². The lowest BCUT2D eigenvalue weighted by Gasteiger charge is -2.11. The first-order valence-electron chi connectivity index (χ1n) is 8.09. The quantitative estimate of drug-likeness (QED) is 0.711. The molecule has 2 N–H and O–H groups in total. The van der Waals surface area contributed by atoms with E-state index in [-0.39, 0.29) is 0 Å². The van der Waals surface area contributed by atoms with Crippen LogP contribution in [0.25, 0.3) is 5.82 Å². The molecule has 0 saturated heterocycles. The largest absolute Gasteiger partial charge is 0.324 e. The maximum absolute atomic E-state index is 12.2. The van der Waals surface area contributed by atoms with E-state index in [1.54, 1.807) is 12.3 Å². The standard InChI is InChI=1S/C16H15Cl2N7O/c17-10-5-13(18)15(19-7-10)25-9-11(8-20-25)21-16(26)22-14-6-12-3-1-2-4-24(12)23-14/h5-9H,1-4H2,(H2,21,22,23,26). The Kier molecular flexibility index (Phi) is 4.52. The second-order valence-corrected chi connectivity index (χ2v) is 6.76. The summed E-state index contributed by atoms with van der Waals surface area (Å²) in [5, 5.41) is 14.8. The van der Waals surface area contributed by atoms with Crippen LogP contribution in [0.3, 0.4) is 0 Å². The molecule has 0 spiro atoms. The Morgan fingerprint density at radius 3 is 2.85 bits per heavy atom. The normalized spacial score (nSPS) is 13.3. The van der Waals surface area contributed by atoms with Gasteiger partial charge in [-0.1, -0.05) is 23.2 Å². The van der Waals surface area contributed by atoms with Crippen LogP contribution in [-0.4, -0.2) is 30.6 Å². The first kappa shape index (κ1) is 16.9. The third kappa shape index (κ3) is 3.51. The summed E-state index contributed by atoms with van der Waals surface area (Å²) in [6.45, 7) is 0.889. The molecule has 1 aliphatic rings. The van der Waals surface area contributed by atoms with E-state index in [2.05, 4.69) is 25.8 Å². The van der Waals surface area contributed by atoms with Crippen molar-refractivity contribution in [2.75, 3.05) is 10.6 Å². The zero-order chi connectivity index (χ0) is 18.1. The minimum Gasteiger partial charge on any atom is -0.305 e. The molecule has 4 heterocycles. The molecule has 134 valence electrons. The molecule has 0 radical (unpaired) electrons. The molecule has 8 nitrogen and oxygen atoms in total. The van der Waals surface area contributed by atoms with Gasteiger partial charge < -0.3 is 5.32 Å². The van der Waals surface area contributed by atoms with Gasteiger partial charge >= 0.3 is 6.03 Å². The maximum atomic E-state index is 12.2. The number of fused-ring (bicyclic) bond motifs is 1. The van der Waals surface area contributed by atoms with Gasteiger partial charge in [0.25, 0.3) is 0 Å². The Morgan fingerprint density at radius 1 is 1.15 bits per heavy atom. The third-order valence-corrected chi connectivity index (χ3v) is 4.49. The van der Waals surface area contributed by atoms with Crippen LogP contribution in [0.4, 0.5) is 16.3 Å². The zero-order valence-corrected chi connectivity index (χ0v) is 15.1. The van der Waals surface area contributed by atoms with Crippen molar-refractivity contribution in [3.63, 3.8) is 0 Å². The Labute approximate surface area is 159 Å². The number of urea groups is 1. The van der Waals surface area contributed by atoms with E-state index in [1.165, 1.54) is 17.1 Å². The van der Waals surface area contributed by atoms with Gasteiger partial charge in [0.2, 0.25) is 0 Å². The van der Waals surface area contributed by atoms with E-state index in [9.17, 15) is 4.79 Å². The van der Waals surface area contributed by atoms with Crippen LogP contribution in [-0.2, 0) is 13.0 Å². The fourth-order valence-corrected chi connectivity index (χ4v) is 3.30. The van der Waals surface area contributed by atoms with Crippen LogP contribution in [0.1, 0.15) is 18.5 Å². The van der Waals surface area contributed by atoms with E-state index in [4.69, 9.17) is 23.2 Å². The summed E-state index contributed by atoms with van der Waals surface area (Å²) in [6, 6.07) is 3.09. The van der Waals surface area contributed by atoms with Gasteiger partial charge in [0, 0.05) is 24.5 Å². The predicted molar refractivity (Wildman–Crippen MR) is 99.2 cm³/mol. The lowest BCUT2D eigenvalue weighted by atomic mass is 10.1. The highest BCUT2D eigenvalue weighted by atomic mass is 35.5. The van der Waals surface area contributed by atoms with Gasteiger partial charge in [0.1, 0.15) is 0 Å². The first-order valence-corrected chi connectivity index (χ1v) is 8.85. The number of nitrogens with zero attached hydrogens (tertiary/aromatic N) is 5. The minimum absolute atomic E-state index is 0.361. The molecule has 0 aromatic carbocycles. The highest BCUT2D eigenvalue weighted by molar-refractivity contribution is 6.35. The van der Waals surface area contributed by atoms with Crippen LogP contribution < -0.4 is 10.6 Å². The number of anilines is 2. The Morgan fingerprint density at radius 2 is 2.04 bits per heavy atom. The molecular weight excluding hydrogens is 377 g/mol. The average molecular weight is 392 g/mol. The van der Waals surface area contributed by atoms with Gasteiger partial charge in [-0.2, -0.15) is 10.2 Å². The highest BCUT2D eigenvalue weighted by Crippen LogP contribution is 2.22. The van der Waals surface area contributed by atoms with E-state index >= 15 is 0 Å². The van der Waals surface area contributed by atoms with Crippen molar-refractivity contribution in [1.82, 2.24) is 24.5 Å². The summed E-state index contributed by atoms with van der Waals surface area (Å²) in [5.41, 5.74) is 1.64. The van der Waals surface area contributed by atoms with Gasteiger partial charge in [-0.3, -0.25) is 10.00 Å². The van der Waals surface area contributed by atoms with Gasteiger partial charge in [-0.25, -0.2) is 14.5 Å². The molecule has 3 aromatic heterocycles. The van der Waals surface area contributed by atoms with Gasteiger partial charge in [-0.15, -0.1) is 0 Å². The number of carbonyl (C=O) groups is 1. The third-order valence-electron chi connectivity index (χ3n) is 4.00. The fraction of sp³-hybridized carbons (Fsp3) is 0.250. The van der Waals surface area contributed by atoms with Crippen molar-refractivity contribution in [1.29, 1.82) is 0 Å². The van der Waals surface area contributed by atoms with E-state index in [1.807, 2.05) is 10.7 Å². The summed E-state index contributed by atoms with van der Waals surface area (Å²) < 4.78 is 3.40. The van der Waals surface area contributed by atoms with Crippen LogP contribution in [0.15, 0.2) is 30.7 Å². The van der Waals surface area contributed by atoms with Crippen LogP contribution in [0.5, 0.6) is 0 Å². The van der Waals surface area contributed by atoms with E-state index in [0.717, 1.165) is 31.5 Å². The number of halogens is 2. The van der Waals surface area contributed by atoms with Crippen molar-refractivity contribution < 1.29 is 4.79 Å². The average Bonchev–Trinajstić information content (AvgIpc) is 3.20. The molecular formula is C16H15Cl2N7O. The van der Waals surface area contributed by atoms with Crippen LogP contribution >= 0.6 is 23.2 Å². The monoisotopic (exact) mass is 391 g/mol. The number of nitrogens with one attached hydrogen (secondary N) is 2. The number of carbonyl (C=O) groups excluding carboxylic acids is 1. The SMILES string of the molecule is O=C(Nc1cnn(-c2ncc(Cl)cc2Cl)c1)Nc1cc2n(n1)CCCC2. The van der Waals surface area contributed by atoms with Crippen molar-refractivity contribution in [2.24, 2.45) is 0 Å². The smallest absolute Gasteiger partial charge is 0.305 e. The summed E-state index contributed by atoms with van der Waals surface area (Å²) in [5.74, 6) is 0.959. The second kappa shape index (κ2) is 6.97. The number of hydrogen-bond acceptors (Lipinski definition) is 4. The first-order chi connectivity index (χ1) is 12.6. The lowest BCUT2D eigenvalue weighted by molar-refractivity contribution is 0.262. The van der Waals surface area contributed by atoms with Crippen molar-refractivity contribution in [3.8, 4) is 5.82 Å². The number of amides is 2. The molecule has 26 heavy (non-hydrogen) atoms. The summed E-state index contributed by atoms with van der Waals surface area (Å²) in [7, 11) is 0. The second-order valence-electron chi connectivity index (χ2n) is 5.91. The number of pyridine rings is 1. The number of hydrogen-bond donors (Lipinski definition) is 2. The lowest BCUT2D eigenvalue weighted by Crippen LogP contribution is -2.19. The van der Waals surface area contributed by atoms with Crippen molar-refractivity contribution >= 4 is 40.7 Å². The molecule has 2 amide bonds. The van der Waals surface area contributed by atoms with E-state index < -0.39 is 6.03 Å². The molecule has 4 rings (SSSR count). The molecule has 0 aliphatic carbocycles. The molecule has 0 unspecified atom stereocenters. The fourth-order valence-electron chi connectivity index (χ4n) is 2.84. The predicted octanol–water partition coefficient (Wildman–Crippen LogP) is 3.75. The molecule has 0 atom stereocenters. The molecule has 0 saturated carbocycles. The summed E-state index contributed by atoms with van der Waals surface area (Å²) >= 11 is 12.0. The molecule has 10 heteroatoms. The van der Waals surface area contributed by atoms with Gasteiger partial charge in [-0.05, 0) is 25.3 Å². The molecule has 1 aliphatic heterocycles. The summed E-state index contributed by atoms with van der Waals surface area (Å²) in [4.78, 5) is 16.3. The van der Waals surface area contributed by atoms with Gasteiger partial charge in [0.05, 0.1) is 28.1 Å². The molecule has 0 bridgehead atoms. The molecule has 3 aromatic rings. The van der Waals surface area contributed by atoms with Crippen LogP contribution in [0, 0.1) is 0 Å².